The maximum atomic E-state index is 13.8. The number of carbonyl (C=O) groups excluding carboxylic acids is 5. The first-order chi connectivity index (χ1) is 27.7. The van der Waals surface area contributed by atoms with Crippen LogP contribution in [0.3, 0.4) is 0 Å². The van der Waals surface area contributed by atoms with E-state index in [2.05, 4.69) is 0 Å². The summed E-state index contributed by atoms with van der Waals surface area (Å²) in [5.41, 5.74) is 1.25. The molecule has 0 amide bonds. The molecule has 58 heavy (non-hydrogen) atoms. The van der Waals surface area contributed by atoms with E-state index in [1.54, 1.807) is 120 Å². The molecular weight excluding hydrogens is 746 g/mol. The van der Waals surface area contributed by atoms with Crippen molar-refractivity contribution in [3.8, 4) is 0 Å². The number of hydrogen-bond acceptors (Lipinski definition) is 13. The normalized spacial score (nSPS) is 33.0. The predicted octanol–water partition coefficient (Wildman–Crippen LogP) is 5.13. The lowest BCUT2D eigenvalue weighted by Gasteiger charge is -2.48. The minimum absolute atomic E-state index is 0.0757. The zero-order valence-electron chi connectivity index (χ0n) is 34.5. The number of esters is 3. The summed E-state index contributed by atoms with van der Waals surface area (Å²) < 4.78 is 31.4. The fourth-order valence-electron chi connectivity index (χ4n) is 7.70. The number of ether oxygens (including phenoxy) is 5. The van der Waals surface area contributed by atoms with Crippen LogP contribution in [0, 0.1) is 23.7 Å². The van der Waals surface area contributed by atoms with Crippen LogP contribution in [-0.4, -0.2) is 115 Å². The zero-order valence-corrected chi connectivity index (χ0v) is 34.5. The highest BCUT2D eigenvalue weighted by molar-refractivity contribution is 5.92. The molecule has 13 heteroatoms. The van der Waals surface area contributed by atoms with Crippen molar-refractivity contribution in [2.75, 3.05) is 20.7 Å². The van der Waals surface area contributed by atoms with Gasteiger partial charge in [0, 0.05) is 24.2 Å². The van der Waals surface area contributed by atoms with Crippen molar-refractivity contribution in [2.24, 2.45) is 23.7 Å². The molecule has 4 rings (SSSR count). The van der Waals surface area contributed by atoms with Crippen LogP contribution in [0.15, 0.2) is 84.5 Å². The Hall–Kier alpha value is -4.53. The molecule has 2 aromatic rings. The molecule has 1 saturated heterocycles. The molecule has 2 N–H and O–H groups in total. The Morgan fingerprint density at radius 1 is 0.897 bits per heavy atom. The number of nitrogens with zero attached hydrogens (tertiary/aromatic N) is 1. The Morgan fingerprint density at radius 3 is 2.02 bits per heavy atom. The van der Waals surface area contributed by atoms with Gasteiger partial charge in [-0.2, -0.15) is 0 Å². The predicted molar refractivity (Wildman–Crippen MR) is 214 cm³/mol. The van der Waals surface area contributed by atoms with Crippen molar-refractivity contribution in [1.82, 2.24) is 4.90 Å². The number of benzene rings is 2. The fraction of sp³-hybridized carbons (Fsp3) is 0.533. The molecule has 2 aliphatic rings. The third-order valence-electron chi connectivity index (χ3n) is 11.0. The number of rotatable bonds is 11. The largest absolute Gasteiger partial charge is 0.462 e. The average molecular weight is 806 g/mol. The number of hydrogen-bond donors (Lipinski definition) is 2. The number of likely N-dealkylation sites (N-methyl/N-ethyl adjacent to an activating group) is 1. The second kappa shape index (κ2) is 22.0. The summed E-state index contributed by atoms with van der Waals surface area (Å²) in [4.78, 5) is 68.2. The molecule has 0 saturated carbocycles. The lowest BCUT2D eigenvalue weighted by atomic mass is 9.79. The van der Waals surface area contributed by atoms with Gasteiger partial charge in [0.2, 0.25) is 0 Å². The van der Waals surface area contributed by atoms with E-state index < -0.39 is 97.0 Å². The Bertz CT molecular complexity index is 1730. The maximum Gasteiger partial charge on any atom is 0.338 e. The van der Waals surface area contributed by atoms with E-state index in [9.17, 15) is 34.2 Å². The van der Waals surface area contributed by atoms with Gasteiger partial charge in [-0.15, -0.1) is 0 Å². The number of allylic oxidation sites excluding steroid dienone is 3. The first kappa shape index (κ1) is 46.2. The minimum atomic E-state index is -1.36. The van der Waals surface area contributed by atoms with Gasteiger partial charge in [0.15, 0.2) is 18.2 Å². The molecule has 2 aromatic carbocycles. The maximum absolute atomic E-state index is 13.8. The van der Waals surface area contributed by atoms with E-state index in [4.69, 9.17) is 23.7 Å². The van der Waals surface area contributed by atoms with Gasteiger partial charge in [-0.05, 0) is 77.0 Å². The van der Waals surface area contributed by atoms with Crippen molar-refractivity contribution in [3.05, 3.63) is 95.6 Å². The third kappa shape index (κ3) is 12.2. The monoisotopic (exact) mass is 805 g/mol. The summed E-state index contributed by atoms with van der Waals surface area (Å²) in [6, 6.07) is 16.0. The topological polar surface area (TPSA) is 175 Å². The number of aliphatic hydroxyl groups is 2. The highest BCUT2D eigenvalue weighted by Gasteiger charge is 2.52. The average Bonchev–Trinajstić information content (AvgIpc) is 3.21. The smallest absolute Gasteiger partial charge is 0.338 e. The van der Waals surface area contributed by atoms with E-state index >= 15 is 0 Å². The van der Waals surface area contributed by atoms with Crippen LogP contribution in [0.1, 0.15) is 81.0 Å². The van der Waals surface area contributed by atoms with Crippen molar-refractivity contribution in [1.29, 1.82) is 0 Å². The van der Waals surface area contributed by atoms with Gasteiger partial charge in [-0.1, -0.05) is 74.9 Å². The quantitative estimate of drug-likeness (QED) is 0.174. The van der Waals surface area contributed by atoms with E-state index in [0.717, 1.165) is 0 Å². The van der Waals surface area contributed by atoms with Gasteiger partial charge in [0.05, 0.1) is 48.5 Å². The molecule has 1 fully saturated rings. The van der Waals surface area contributed by atoms with Crippen molar-refractivity contribution >= 4 is 30.0 Å². The molecular formula is C45H59NO12. The van der Waals surface area contributed by atoms with Crippen LogP contribution in [0.25, 0.3) is 0 Å². The second-order valence-corrected chi connectivity index (χ2v) is 15.6. The van der Waals surface area contributed by atoms with E-state index in [0.29, 0.717) is 23.8 Å². The van der Waals surface area contributed by atoms with Gasteiger partial charge in [-0.25, -0.2) is 9.59 Å². The summed E-state index contributed by atoms with van der Waals surface area (Å²) in [7, 11) is 3.49. The summed E-state index contributed by atoms with van der Waals surface area (Å²) in [6.07, 6.45) is -1.91. The van der Waals surface area contributed by atoms with Crippen LogP contribution in [-0.2, 0) is 38.1 Å². The fourth-order valence-corrected chi connectivity index (χ4v) is 7.70. The first-order valence-corrected chi connectivity index (χ1v) is 20.0. The summed E-state index contributed by atoms with van der Waals surface area (Å²) in [6.45, 7) is 8.40. The highest BCUT2D eigenvalue weighted by atomic mass is 16.7. The molecule has 0 unspecified atom stereocenters. The van der Waals surface area contributed by atoms with Gasteiger partial charge in [0.1, 0.15) is 18.5 Å². The van der Waals surface area contributed by atoms with Gasteiger partial charge in [0.25, 0.3) is 0 Å². The van der Waals surface area contributed by atoms with Crippen molar-refractivity contribution in [3.63, 3.8) is 0 Å². The van der Waals surface area contributed by atoms with E-state index in [-0.39, 0.29) is 30.8 Å². The number of ketones is 1. The van der Waals surface area contributed by atoms with Crippen LogP contribution >= 0.6 is 0 Å². The molecule has 2 heterocycles. The zero-order chi connectivity index (χ0) is 42.5. The minimum Gasteiger partial charge on any atom is -0.462 e. The molecule has 0 spiro atoms. The summed E-state index contributed by atoms with van der Waals surface area (Å²) >= 11 is 0. The number of cyclic esters (lactones) is 1. The molecule has 316 valence electrons. The van der Waals surface area contributed by atoms with E-state index in [1.807, 2.05) is 6.92 Å². The Labute approximate surface area is 341 Å². The molecule has 0 radical (unpaired) electrons. The number of aldehydes is 1. The first-order valence-electron chi connectivity index (χ1n) is 20.0. The lowest BCUT2D eigenvalue weighted by molar-refractivity contribution is -0.302. The van der Waals surface area contributed by atoms with E-state index in [1.165, 1.54) is 6.08 Å². The third-order valence-corrected chi connectivity index (χ3v) is 11.0. The second-order valence-electron chi connectivity index (χ2n) is 15.6. The Morgan fingerprint density at radius 2 is 1.48 bits per heavy atom. The SMILES string of the molecule is CC[C@H]1OC(=O)C[C@@H](O)[C@H](C)[C@@H](O[C@H]2O[C@H](C)[C@@H](OC(=O)c3ccccc3)[C@H](N(C)C)[C@H]2OC(=O)c2ccccc2)[C@@H](CC=O)C[C@@H](C)C(=O)/C=C/C(C)=C/[C@@H]1CO. The van der Waals surface area contributed by atoms with Crippen LogP contribution in [0.2, 0.25) is 0 Å². The van der Waals surface area contributed by atoms with Crippen LogP contribution < -0.4 is 0 Å². The van der Waals surface area contributed by atoms with Crippen LogP contribution in [0.4, 0.5) is 0 Å². The Kier molecular flexibility index (Phi) is 17.5. The van der Waals surface area contributed by atoms with Gasteiger partial charge >= 0.3 is 17.9 Å². The van der Waals surface area contributed by atoms with Crippen molar-refractivity contribution < 1.29 is 57.9 Å². The molecule has 0 aromatic heterocycles. The summed E-state index contributed by atoms with van der Waals surface area (Å²) in [5.74, 6) is -4.92. The molecule has 2 aliphatic heterocycles. The Balaban J connectivity index is 1.78. The summed E-state index contributed by atoms with van der Waals surface area (Å²) in [5, 5.41) is 21.9. The van der Waals surface area contributed by atoms with Crippen LogP contribution in [0.5, 0.6) is 0 Å². The number of aliphatic hydroxyl groups excluding tert-OH is 2. The standard InChI is InChI=1S/C45H59NO12/c1-8-37-34(26-48)23-27(2)19-20-35(49)28(3)24-33(21-22-47)40(29(4)36(50)25-38(51)55-37)58-45-42(57-44(53)32-17-13-10-14-18-32)39(46(6)7)41(30(5)54-45)56-43(52)31-15-11-9-12-16-31/h9-20,22-23,28-30,33-34,36-37,39-42,45,48,50H,8,21,24-26H2,1-7H3/b20-19+,27-23+/t28-,29+,30-,33+,34-,36-,37-,39+,40-,41-,42-,45-/m1/s1. The van der Waals surface area contributed by atoms with Gasteiger partial charge in [-0.3, -0.25) is 14.5 Å². The van der Waals surface area contributed by atoms with Gasteiger partial charge < -0.3 is 38.7 Å². The van der Waals surface area contributed by atoms with Crippen molar-refractivity contribution in [2.45, 2.75) is 109 Å². The lowest BCUT2D eigenvalue weighted by Crippen LogP contribution is -2.65. The molecule has 12 atom stereocenters. The number of carbonyl (C=O) groups is 5. The highest BCUT2D eigenvalue weighted by Crippen LogP contribution is 2.36. The molecule has 0 aliphatic carbocycles. The molecule has 13 nitrogen and oxygen atoms in total. The molecule has 0 bridgehead atoms.